The highest BCUT2D eigenvalue weighted by Gasteiger charge is 2.13. The van der Waals surface area contributed by atoms with Crippen molar-refractivity contribution in [2.45, 2.75) is 31.1 Å². The van der Waals surface area contributed by atoms with Crippen molar-refractivity contribution in [1.82, 2.24) is 0 Å². The molecule has 0 atom stereocenters. The molecular weight excluding hydrogens is 282 g/mol. The van der Waals surface area contributed by atoms with Crippen LogP contribution in [0.2, 0.25) is 0 Å². The fraction of sp³-hybridized carbons (Fsp3) is 0.235. The molecular formula is C17H19NO2S. The highest BCUT2D eigenvalue weighted by Crippen LogP contribution is 2.22. The van der Waals surface area contributed by atoms with Gasteiger partial charge in [0, 0.05) is 6.21 Å². The van der Waals surface area contributed by atoms with Crippen LogP contribution in [0.4, 0.5) is 0 Å². The molecule has 0 spiro atoms. The van der Waals surface area contributed by atoms with E-state index in [0.717, 1.165) is 5.56 Å². The largest absolute Gasteiger partial charge is 0.282 e. The monoisotopic (exact) mass is 301 g/mol. The lowest BCUT2D eigenvalue weighted by Crippen LogP contribution is -2.10. The molecule has 0 amide bonds. The van der Waals surface area contributed by atoms with Gasteiger partial charge in [-0.1, -0.05) is 63.2 Å². The Morgan fingerprint density at radius 1 is 0.905 bits per heavy atom. The second-order valence-electron chi connectivity index (χ2n) is 5.89. The molecule has 4 heteroatoms. The third-order valence-electron chi connectivity index (χ3n) is 3.16. The fourth-order valence-corrected chi connectivity index (χ4v) is 2.74. The first kappa shape index (κ1) is 15.4. The molecule has 110 valence electrons. The van der Waals surface area contributed by atoms with E-state index in [9.17, 15) is 8.42 Å². The van der Waals surface area contributed by atoms with Gasteiger partial charge in [-0.3, -0.25) is 0 Å². The second-order valence-corrected chi connectivity index (χ2v) is 7.53. The molecule has 0 aliphatic heterocycles. The van der Waals surface area contributed by atoms with E-state index in [-0.39, 0.29) is 10.3 Å². The minimum absolute atomic E-state index is 0.0752. The Kier molecular flexibility index (Phi) is 4.28. The number of benzene rings is 2. The standard InChI is InChI=1S/C17H19NO2S/c1-17(2,3)15-11-9-14(10-12-15)13-18-21(19,20)16-7-5-4-6-8-16/h4-13H,1-3H3/b18-13+. The zero-order valence-electron chi connectivity index (χ0n) is 12.4. The Bertz CT molecular complexity index is 725. The van der Waals surface area contributed by atoms with Crippen LogP contribution in [0.5, 0.6) is 0 Å². The maximum Gasteiger partial charge on any atom is 0.282 e. The van der Waals surface area contributed by atoms with Crippen molar-refractivity contribution in [2.75, 3.05) is 0 Å². The van der Waals surface area contributed by atoms with Crippen molar-refractivity contribution in [3.05, 3.63) is 65.7 Å². The normalized spacial score (nSPS) is 12.7. The Balaban J connectivity index is 2.22. The van der Waals surface area contributed by atoms with Gasteiger partial charge in [0.05, 0.1) is 4.90 Å². The summed E-state index contributed by atoms with van der Waals surface area (Å²) in [5, 5.41) is 0. The smallest absolute Gasteiger partial charge is 0.199 e. The van der Waals surface area contributed by atoms with E-state index in [2.05, 4.69) is 25.2 Å². The van der Waals surface area contributed by atoms with E-state index in [4.69, 9.17) is 0 Å². The van der Waals surface area contributed by atoms with Crippen molar-refractivity contribution < 1.29 is 8.42 Å². The summed E-state index contributed by atoms with van der Waals surface area (Å²) in [5.41, 5.74) is 2.04. The maximum atomic E-state index is 12.0. The van der Waals surface area contributed by atoms with Crippen molar-refractivity contribution in [3.8, 4) is 0 Å². The summed E-state index contributed by atoms with van der Waals surface area (Å²) in [5.74, 6) is 0. The predicted molar refractivity (Wildman–Crippen MR) is 86.4 cm³/mol. The summed E-state index contributed by atoms with van der Waals surface area (Å²) in [6.45, 7) is 6.40. The first-order valence-electron chi connectivity index (χ1n) is 6.75. The third-order valence-corrected chi connectivity index (χ3v) is 4.41. The summed E-state index contributed by atoms with van der Waals surface area (Å²) < 4.78 is 27.8. The van der Waals surface area contributed by atoms with Crippen LogP contribution in [0.1, 0.15) is 31.9 Å². The minimum atomic E-state index is -3.63. The van der Waals surface area contributed by atoms with Crippen LogP contribution in [0.15, 0.2) is 63.9 Å². The first-order chi connectivity index (χ1) is 9.79. The molecule has 2 aromatic carbocycles. The first-order valence-corrected chi connectivity index (χ1v) is 8.19. The lowest BCUT2D eigenvalue weighted by molar-refractivity contribution is 0.590. The fourth-order valence-electron chi connectivity index (χ4n) is 1.85. The van der Waals surface area contributed by atoms with Crippen LogP contribution in [0, 0.1) is 0 Å². The zero-order valence-corrected chi connectivity index (χ0v) is 13.3. The van der Waals surface area contributed by atoms with E-state index in [1.54, 1.807) is 18.2 Å². The van der Waals surface area contributed by atoms with Gasteiger partial charge in [0.25, 0.3) is 10.0 Å². The van der Waals surface area contributed by atoms with Gasteiger partial charge in [-0.15, -0.1) is 0 Å². The van der Waals surface area contributed by atoms with Crippen molar-refractivity contribution in [1.29, 1.82) is 0 Å². The molecule has 0 saturated heterocycles. The van der Waals surface area contributed by atoms with E-state index in [0.29, 0.717) is 0 Å². The average molecular weight is 301 g/mol. The van der Waals surface area contributed by atoms with Gasteiger partial charge in [0.15, 0.2) is 0 Å². The number of sulfonamides is 1. The molecule has 0 bridgehead atoms. The van der Waals surface area contributed by atoms with E-state index in [1.807, 2.05) is 24.3 Å². The van der Waals surface area contributed by atoms with Gasteiger partial charge >= 0.3 is 0 Å². The van der Waals surface area contributed by atoms with E-state index < -0.39 is 10.0 Å². The Hall–Kier alpha value is -1.94. The molecule has 2 aromatic rings. The van der Waals surface area contributed by atoms with Gasteiger partial charge in [-0.05, 0) is 28.7 Å². The minimum Gasteiger partial charge on any atom is -0.199 e. The molecule has 2 rings (SSSR count). The molecule has 0 aromatic heterocycles. The Morgan fingerprint density at radius 3 is 2.00 bits per heavy atom. The summed E-state index contributed by atoms with van der Waals surface area (Å²) in [6.07, 6.45) is 1.38. The molecule has 0 unspecified atom stereocenters. The van der Waals surface area contributed by atoms with Crippen LogP contribution in [-0.2, 0) is 15.4 Å². The Morgan fingerprint density at radius 2 is 1.48 bits per heavy atom. The molecule has 0 fully saturated rings. The van der Waals surface area contributed by atoms with Crippen molar-refractivity contribution in [3.63, 3.8) is 0 Å². The lowest BCUT2D eigenvalue weighted by atomic mass is 9.87. The van der Waals surface area contributed by atoms with Crippen LogP contribution in [0.25, 0.3) is 0 Å². The highest BCUT2D eigenvalue weighted by atomic mass is 32.2. The zero-order chi connectivity index (χ0) is 15.5. The third kappa shape index (κ3) is 4.02. The molecule has 0 heterocycles. The molecule has 0 aliphatic carbocycles. The summed E-state index contributed by atoms with van der Waals surface area (Å²) >= 11 is 0. The van der Waals surface area contributed by atoms with Crippen molar-refractivity contribution in [2.24, 2.45) is 4.40 Å². The van der Waals surface area contributed by atoms with Crippen LogP contribution >= 0.6 is 0 Å². The van der Waals surface area contributed by atoms with Gasteiger partial charge in [0.1, 0.15) is 0 Å². The summed E-state index contributed by atoms with van der Waals surface area (Å²) in [4.78, 5) is 0.201. The number of hydrogen-bond acceptors (Lipinski definition) is 2. The lowest BCUT2D eigenvalue weighted by Gasteiger charge is -2.18. The molecule has 0 aliphatic rings. The SMILES string of the molecule is CC(C)(C)c1ccc(/C=N/S(=O)(=O)c2ccccc2)cc1. The van der Waals surface area contributed by atoms with Gasteiger partial charge in [0.2, 0.25) is 0 Å². The maximum absolute atomic E-state index is 12.0. The van der Waals surface area contributed by atoms with E-state index in [1.165, 1.54) is 23.9 Å². The Labute approximate surface area is 126 Å². The van der Waals surface area contributed by atoms with Crippen molar-refractivity contribution >= 4 is 16.2 Å². The average Bonchev–Trinajstić information content (AvgIpc) is 2.46. The number of hydrogen-bond donors (Lipinski definition) is 0. The summed E-state index contributed by atoms with van der Waals surface area (Å²) in [7, 11) is -3.63. The molecule has 0 saturated carbocycles. The van der Waals surface area contributed by atoms with Crippen LogP contribution in [-0.4, -0.2) is 14.6 Å². The van der Waals surface area contributed by atoms with Gasteiger partial charge in [-0.2, -0.15) is 12.8 Å². The quantitative estimate of drug-likeness (QED) is 0.810. The van der Waals surface area contributed by atoms with Crippen LogP contribution < -0.4 is 0 Å². The summed E-state index contributed by atoms with van der Waals surface area (Å²) in [6, 6.07) is 16.0. The molecule has 3 nitrogen and oxygen atoms in total. The number of nitrogens with zero attached hydrogens (tertiary/aromatic N) is 1. The molecule has 0 radical (unpaired) electrons. The predicted octanol–water partition coefficient (Wildman–Crippen LogP) is 3.79. The van der Waals surface area contributed by atoms with Gasteiger partial charge in [-0.25, -0.2) is 0 Å². The number of rotatable bonds is 3. The topological polar surface area (TPSA) is 46.5 Å². The highest BCUT2D eigenvalue weighted by molar-refractivity contribution is 7.90. The van der Waals surface area contributed by atoms with Crippen LogP contribution in [0.3, 0.4) is 0 Å². The van der Waals surface area contributed by atoms with E-state index >= 15 is 0 Å². The molecule has 21 heavy (non-hydrogen) atoms. The molecule has 0 N–H and O–H groups in total. The second kappa shape index (κ2) is 5.82. The van der Waals surface area contributed by atoms with Gasteiger partial charge < -0.3 is 0 Å².